The Labute approximate surface area is 189 Å². The summed E-state index contributed by atoms with van der Waals surface area (Å²) in [6.07, 6.45) is 7.21. The molecule has 1 saturated heterocycles. The number of carbonyl (C=O) groups is 1. The zero-order valence-corrected chi connectivity index (χ0v) is 18.8. The standard InChI is InChI=1S/C24H28N4O3S/c29-24(26-22-17-25-27(19-22)18-21-7-3-1-4-8-21)14-11-20-9-12-23(13-10-20)32(30,31)28-15-5-2-6-16-28/h1,3-4,7-10,12-13,17,19H,2,5-6,11,14-16,18H2,(H,26,29). The van der Waals surface area contributed by atoms with Gasteiger partial charge in [-0.25, -0.2) is 8.42 Å². The van der Waals surface area contributed by atoms with Gasteiger partial charge in [0.15, 0.2) is 0 Å². The SMILES string of the molecule is O=C(CCc1ccc(S(=O)(=O)N2CCCCC2)cc1)Nc1cnn(Cc2ccccc2)c1. The average Bonchev–Trinajstić information content (AvgIpc) is 3.25. The van der Waals surface area contributed by atoms with Gasteiger partial charge in [-0.15, -0.1) is 0 Å². The Morgan fingerprint density at radius 3 is 2.38 bits per heavy atom. The first-order valence-electron chi connectivity index (χ1n) is 11.0. The molecule has 0 atom stereocenters. The molecule has 1 aromatic heterocycles. The molecule has 8 heteroatoms. The first-order chi connectivity index (χ1) is 15.5. The fourth-order valence-corrected chi connectivity index (χ4v) is 5.37. The molecule has 7 nitrogen and oxygen atoms in total. The third-order valence-corrected chi connectivity index (χ3v) is 7.53. The summed E-state index contributed by atoms with van der Waals surface area (Å²) < 4.78 is 28.8. The van der Waals surface area contributed by atoms with Crippen molar-refractivity contribution in [3.05, 3.63) is 78.1 Å². The van der Waals surface area contributed by atoms with Gasteiger partial charge in [-0.05, 0) is 42.5 Å². The number of aromatic nitrogens is 2. The van der Waals surface area contributed by atoms with Gasteiger partial charge in [0.1, 0.15) is 0 Å². The molecule has 2 heterocycles. The lowest BCUT2D eigenvalue weighted by atomic mass is 10.1. The molecule has 1 aliphatic rings. The maximum absolute atomic E-state index is 12.7. The van der Waals surface area contributed by atoms with Gasteiger partial charge < -0.3 is 5.32 Å². The average molecular weight is 453 g/mol. The minimum absolute atomic E-state index is 0.103. The molecule has 0 saturated carbocycles. The number of amides is 1. The van der Waals surface area contributed by atoms with Crippen LogP contribution in [0.2, 0.25) is 0 Å². The summed E-state index contributed by atoms with van der Waals surface area (Å²) in [5.74, 6) is -0.103. The number of anilines is 1. The maximum atomic E-state index is 12.7. The minimum atomic E-state index is -3.43. The predicted octanol–water partition coefficient (Wildman–Crippen LogP) is 3.68. The molecule has 32 heavy (non-hydrogen) atoms. The molecular formula is C24H28N4O3S. The van der Waals surface area contributed by atoms with Crippen LogP contribution >= 0.6 is 0 Å². The van der Waals surface area contributed by atoms with Crippen molar-refractivity contribution < 1.29 is 13.2 Å². The molecule has 2 aromatic carbocycles. The molecule has 0 unspecified atom stereocenters. The monoisotopic (exact) mass is 452 g/mol. The van der Waals surface area contributed by atoms with Gasteiger partial charge in [-0.1, -0.05) is 48.9 Å². The highest BCUT2D eigenvalue weighted by molar-refractivity contribution is 7.89. The van der Waals surface area contributed by atoms with Crippen molar-refractivity contribution in [3.8, 4) is 0 Å². The molecule has 0 aliphatic carbocycles. The fraction of sp³-hybridized carbons (Fsp3) is 0.333. The van der Waals surface area contributed by atoms with Crippen molar-refractivity contribution >= 4 is 21.6 Å². The van der Waals surface area contributed by atoms with Gasteiger partial charge >= 0.3 is 0 Å². The van der Waals surface area contributed by atoms with Gasteiger partial charge in [0.25, 0.3) is 0 Å². The maximum Gasteiger partial charge on any atom is 0.243 e. The summed E-state index contributed by atoms with van der Waals surface area (Å²) in [5, 5.41) is 7.17. The normalized spacial score (nSPS) is 14.9. The molecule has 0 bridgehead atoms. The number of aryl methyl sites for hydroxylation is 1. The van der Waals surface area contributed by atoms with Crippen molar-refractivity contribution in [3.63, 3.8) is 0 Å². The van der Waals surface area contributed by atoms with E-state index in [0.717, 1.165) is 30.4 Å². The highest BCUT2D eigenvalue weighted by Crippen LogP contribution is 2.21. The highest BCUT2D eigenvalue weighted by atomic mass is 32.2. The third-order valence-electron chi connectivity index (χ3n) is 5.62. The van der Waals surface area contributed by atoms with Crippen molar-refractivity contribution in [2.24, 2.45) is 0 Å². The minimum Gasteiger partial charge on any atom is -0.323 e. The number of nitrogens with zero attached hydrogens (tertiary/aromatic N) is 3. The second-order valence-corrected chi connectivity index (χ2v) is 10.0. The van der Waals surface area contributed by atoms with Gasteiger partial charge in [-0.3, -0.25) is 9.48 Å². The Hall–Kier alpha value is -2.97. The van der Waals surface area contributed by atoms with E-state index in [4.69, 9.17) is 0 Å². The Morgan fingerprint density at radius 2 is 1.66 bits per heavy atom. The fourth-order valence-electron chi connectivity index (χ4n) is 3.85. The molecule has 0 radical (unpaired) electrons. The molecule has 1 aliphatic heterocycles. The van der Waals surface area contributed by atoms with Crippen molar-refractivity contribution in [2.45, 2.75) is 43.5 Å². The Bertz CT molecular complexity index is 1140. The lowest BCUT2D eigenvalue weighted by Crippen LogP contribution is -2.35. The van der Waals surface area contributed by atoms with Crippen LogP contribution in [0.15, 0.2) is 71.9 Å². The van der Waals surface area contributed by atoms with E-state index >= 15 is 0 Å². The number of benzene rings is 2. The number of nitrogens with one attached hydrogen (secondary N) is 1. The molecule has 1 fully saturated rings. The van der Waals surface area contributed by atoms with E-state index in [1.165, 1.54) is 0 Å². The Kier molecular flexibility index (Phi) is 7.02. The van der Waals surface area contributed by atoms with Crippen LogP contribution in [0.25, 0.3) is 0 Å². The van der Waals surface area contributed by atoms with Crippen LogP contribution in [0.1, 0.15) is 36.8 Å². The van der Waals surface area contributed by atoms with Gasteiger partial charge in [0.2, 0.25) is 15.9 Å². The second-order valence-electron chi connectivity index (χ2n) is 8.07. The molecule has 1 amide bonds. The van der Waals surface area contributed by atoms with Gasteiger partial charge in [-0.2, -0.15) is 9.40 Å². The molecule has 4 rings (SSSR count). The van der Waals surface area contributed by atoms with Crippen molar-refractivity contribution in [1.82, 2.24) is 14.1 Å². The van der Waals surface area contributed by atoms with Crippen LogP contribution in [0.4, 0.5) is 5.69 Å². The quantitative estimate of drug-likeness (QED) is 0.565. The largest absolute Gasteiger partial charge is 0.323 e. The summed E-state index contributed by atoms with van der Waals surface area (Å²) in [7, 11) is -3.43. The zero-order chi connectivity index (χ0) is 22.4. The second kappa shape index (κ2) is 10.1. The Morgan fingerprint density at radius 1 is 0.938 bits per heavy atom. The van der Waals surface area contributed by atoms with Crippen molar-refractivity contribution in [1.29, 1.82) is 0 Å². The molecule has 0 spiro atoms. The zero-order valence-electron chi connectivity index (χ0n) is 18.0. The number of hydrogen-bond acceptors (Lipinski definition) is 4. The number of piperidine rings is 1. The van der Waals surface area contributed by atoms with E-state index in [1.807, 2.05) is 36.5 Å². The topological polar surface area (TPSA) is 84.3 Å². The van der Waals surface area contributed by atoms with E-state index < -0.39 is 10.0 Å². The first-order valence-corrected chi connectivity index (χ1v) is 12.4. The summed E-state index contributed by atoms with van der Waals surface area (Å²) >= 11 is 0. The number of hydrogen-bond donors (Lipinski definition) is 1. The Balaban J connectivity index is 1.28. The smallest absolute Gasteiger partial charge is 0.243 e. The van der Waals surface area contributed by atoms with Crippen LogP contribution in [0, 0.1) is 0 Å². The van der Waals surface area contributed by atoms with Gasteiger partial charge in [0.05, 0.1) is 23.3 Å². The summed E-state index contributed by atoms with van der Waals surface area (Å²) in [5.41, 5.74) is 2.73. The van der Waals surface area contributed by atoms with Crippen LogP contribution < -0.4 is 5.32 Å². The van der Waals surface area contributed by atoms with Crippen molar-refractivity contribution in [2.75, 3.05) is 18.4 Å². The van der Waals surface area contributed by atoms with Crippen LogP contribution in [-0.4, -0.2) is 41.5 Å². The number of sulfonamides is 1. The molecular weight excluding hydrogens is 424 g/mol. The van der Waals surface area contributed by atoms with E-state index in [-0.39, 0.29) is 5.91 Å². The molecule has 168 valence electrons. The lowest BCUT2D eigenvalue weighted by Gasteiger charge is -2.25. The van der Waals surface area contributed by atoms with E-state index in [1.54, 1.807) is 39.4 Å². The van der Waals surface area contributed by atoms with Crippen LogP contribution in [0.3, 0.4) is 0 Å². The lowest BCUT2D eigenvalue weighted by molar-refractivity contribution is -0.116. The predicted molar refractivity (Wildman–Crippen MR) is 124 cm³/mol. The van der Waals surface area contributed by atoms with E-state index in [9.17, 15) is 13.2 Å². The van der Waals surface area contributed by atoms with Crippen LogP contribution in [-0.2, 0) is 27.8 Å². The summed E-state index contributed by atoms with van der Waals surface area (Å²) in [6, 6.07) is 16.9. The third kappa shape index (κ3) is 5.63. The number of carbonyl (C=O) groups excluding carboxylic acids is 1. The van der Waals surface area contributed by atoms with Crippen LogP contribution in [0.5, 0.6) is 0 Å². The number of rotatable bonds is 8. The van der Waals surface area contributed by atoms with E-state index in [2.05, 4.69) is 10.4 Å². The van der Waals surface area contributed by atoms with Gasteiger partial charge in [0, 0.05) is 25.7 Å². The molecule has 3 aromatic rings. The highest BCUT2D eigenvalue weighted by Gasteiger charge is 2.25. The summed E-state index contributed by atoms with van der Waals surface area (Å²) in [6.45, 7) is 1.82. The van der Waals surface area contributed by atoms with E-state index in [0.29, 0.717) is 43.1 Å². The molecule has 1 N–H and O–H groups in total. The summed E-state index contributed by atoms with van der Waals surface area (Å²) in [4.78, 5) is 12.7. The first kappa shape index (κ1) is 22.2.